The van der Waals surface area contributed by atoms with E-state index in [1.165, 1.54) is 5.56 Å². The molecule has 0 N–H and O–H groups in total. The van der Waals surface area contributed by atoms with E-state index in [-0.39, 0.29) is 17.7 Å². The maximum absolute atomic E-state index is 15.0. The lowest BCUT2D eigenvalue weighted by molar-refractivity contribution is -0.189. The van der Waals surface area contributed by atoms with E-state index in [1.807, 2.05) is 24.3 Å². The highest BCUT2D eigenvalue weighted by molar-refractivity contribution is 5.71. The second kappa shape index (κ2) is 13.3. The minimum atomic E-state index is -4.74. The second-order valence-electron chi connectivity index (χ2n) is 10.7. The van der Waals surface area contributed by atoms with Gasteiger partial charge in [-0.05, 0) is 70.5 Å². The van der Waals surface area contributed by atoms with Crippen LogP contribution in [0.4, 0.5) is 39.5 Å². The molecule has 0 unspecified atom stereocenters. The zero-order valence-electron chi connectivity index (χ0n) is 24.2. The summed E-state index contributed by atoms with van der Waals surface area (Å²) in [5.74, 6) is -13.1. The number of aryl methyl sites for hydroxylation is 1. The summed E-state index contributed by atoms with van der Waals surface area (Å²) < 4.78 is 134. The first kappa shape index (κ1) is 32.7. The summed E-state index contributed by atoms with van der Waals surface area (Å²) in [5.41, 5.74) is -0.378. The Labute approximate surface area is 258 Å². The van der Waals surface area contributed by atoms with E-state index in [0.29, 0.717) is 29.8 Å². The molecule has 0 heterocycles. The third-order valence-corrected chi connectivity index (χ3v) is 7.44. The molecule has 0 aliphatic heterocycles. The lowest BCUT2D eigenvalue weighted by atomic mass is 9.97. The van der Waals surface area contributed by atoms with Gasteiger partial charge in [0.1, 0.15) is 34.6 Å². The summed E-state index contributed by atoms with van der Waals surface area (Å²) in [7, 11) is 0. The van der Waals surface area contributed by atoms with Gasteiger partial charge >= 0.3 is 6.11 Å². The van der Waals surface area contributed by atoms with E-state index in [4.69, 9.17) is 0 Å². The summed E-state index contributed by atoms with van der Waals surface area (Å²) in [4.78, 5) is 0. The predicted octanol–water partition coefficient (Wildman–Crippen LogP) is 11.5. The van der Waals surface area contributed by atoms with E-state index in [0.717, 1.165) is 36.8 Å². The van der Waals surface area contributed by atoms with Crippen molar-refractivity contribution in [3.05, 3.63) is 137 Å². The van der Waals surface area contributed by atoms with Gasteiger partial charge in [0.2, 0.25) is 0 Å². The number of benzene rings is 5. The molecular weight excluding hydrogens is 619 g/mol. The highest BCUT2D eigenvalue weighted by Crippen LogP contribution is 2.39. The summed E-state index contributed by atoms with van der Waals surface area (Å²) in [6, 6.07) is 17.1. The van der Waals surface area contributed by atoms with Crippen LogP contribution in [-0.2, 0) is 12.5 Å². The lowest BCUT2D eigenvalue weighted by Crippen LogP contribution is -2.25. The van der Waals surface area contributed by atoms with Gasteiger partial charge in [-0.25, -0.2) is 30.7 Å². The molecule has 0 amide bonds. The molecular formula is C36H25F9O. The van der Waals surface area contributed by atoms with Gasteiger partial charge in [0.15, 0.2) is 17.5 Å². The standard InChI is InChI=1S/C36H25F9O/c1-2-3-4-5-20-6-8-21(9-7-20)22-10-12-23(13-11-22)24-14-29(39)34(30(40)15-24)36(44,45)46-26-18-27(37)33(28(38)19-26)25-16-31(41)35(43)32(42)17-25/h6-19H,2-5H2,1H3. The van der Waals surface area contributed by atoms with Crippen LogP contribution >= 0.6 is 0 Å². The zero-order valence-corrected chi connectivity index (χ0v) is 24.2. The molecule has 0 fully saturated rings. The Bertz CT molecular complexity index is 1800. The highest BCUT2D eigenvalue weighted by Gasteiger charge is 2.41. The fourth-order valence-electron chi connectivity index (χ4n) is 5.10. The number of alkyl halides is 2. The van der Waals surface area contributed by atoms with Crippen LogP contribution < -0.4 is 4.74 Å². The van der Waals surface area contributed by atoms with Crippen LogP contribution in [0.15, 0.2) is 84.9 Å². The van der Waals surface area contributed by atoms with Gasteiger partial charge in [-0.15, -0.1) is 0 Å². The molecule has 5 rings (SSSR count). The molecule has 238 valence electrons. The average Bonchev–Trinajstić information content (AvgIpc) is 2.99. The third-order valence-electron chi connectivity index (χ3n) is 7.44. The Kier molecular flexibility index (Phi) is 9.46. The molecule has 0 saturated heterocycles. The van der Waals surface area contributed by atoms with E-state index in [1.54, 1.807) is 24.3 Å². The Morgan fingerprint density at radius 1 is 0.522 bits per heavy atom. The Morgan fingerprint density at radius 3 is 1.48 bits per heavy atom. The van der Waals surface area contributed by atoms with E-state index in [9.17, 15) is 30.7 Å². The molecule has 0 saturated carbocycles. The molecule has 0 radical (unpaired) electrons. The molecule has 5 aromatic carbocycles. The highest BCUT2D eigenvalue weighted by atomic mass is 19.3. The van der Waals surface area contributed by atoms with Gasteiger partial charge in [0.25, 0.3) is 0 Å². The van der Waals surface area contributed by atoms with Gasteiger partial charge in [0, 0.05) is 12.1 Å². The van der Waals surface area contributed by atoms with Crippen LogP contribution in [0.1, 0.15) is 37.3 Å². The molecule has 0 aliphatic carbocycles. The van der Waals surface area contributed by atoms with Crippen molar-refractivity contribution in [2.24, 2.45) is 0 Å². The van der Waals surface area contributed by atoms with Gasteiger partial charge in [-0.2, -0.15) is 8.78 Å². The van der Waals surface area contributed by atoms with Crippen molar-refractivity contribution in [3.63, 3.8) is 0 Å². The van der Waals surface area contributed by atoms with Crippen molar-refractivity contribution in [2.45, 2.75) is 38.7 Å². The first-order valence-corrected chi connectivity index (χ1v) is 14.3. The molecule has 0 aromatic heterocycles. The third kappa shape index (κ3) is 6.90. The smallest absolute Gasteiger partial charge is 0.429 e. The number of unbranched alkanes of at least 4 members (excludes halogenated alkanes) is 2. The van der Waals surface area contributed by atoms with Crippen LogP contribution in [0.2, 0.25) is 0 Å². The normalized spacial score (nSPS) is 11.6. The minimum absolute atomic E-state index is 0.0485. The summed E-state index contributed by atoms with van der Waals surface area (Å²) in [6.07, 6.45) is -0.382. The Morgan fingerprint density at radius 2 is 0.978 bits per heavy atom. The number of hydrogen-bond acceptors (Lipinski definition) is 1. The number of ether oxygens (including phenoxy) is 1. The van der Waals surface area contributed by atoms with Crippen LogP contribution in [0, 0.1) is 40.7 Å². The van der Waals surface area contributed by atoms with Gasteiger partial charge in [-0.3, -0.25) is 0 Å². The fourth-order valence-corrected chi connectivity index (χ4v) is 5.10. The van der Waals surface area contributed by atoms with E-state index >= 15 is 8.78 Å². The minimum Gasteiger partial charge on any atom is -0.429 e. The summed E-state index contributed by atoms with van der Waals surface area (Å²) in [6.45, 7) is 2.14. The number of halogens is 9. The zero-order chi connectivity index (χ0) is 33.2. The molecule has 10 heteroatoms. The quantitative estimate of drug-likeness (QED) is 0.0835. The SMILES string of the molecule is CCCCCc1ccc(-c2ccc(-c3cc(F)c(C(F)(F)Oc4cc(F)c(-c5cc(F)c(F)c(F)c5)c(F)c4)c(F)c3)cc2)cc1. The molecule has 0 atom stereocenters. The Balaban J connectivity index is 1.35. The van der Waals surface area contributed by atoms with Crippen LogP contribution in [-0.4, -0.2) is 0 Å². The first-order chi connectivity index (χ1) is 21.9. The largest absolute Gasteiger partial charge is 0.432 e. The summed E-state index contributed by atoms with van der Waals surface area (Å²) in [5, 5.41) is 0. The van der Waals surface area contributed by atoms with Crippen molar-refractivity contribution in [1.29, 1.82) is 0 Å². The number of hydrogen-bond donors (Lipinski definition) is 0. The average molecular weight is 645 g/mol. The maximum atomic E-state index is 15.0. The molecule has 5 aromatic rings. The van der Waals surface area contributed by atoms with Crippen molar-refractivity contribution in [3.8, 4) is 39.1 Å². The van der Waals surface area contributed by atoms with Crippen molar-refractivity contribution in [2.75, 3.05) is 0 Å². The second-order valence-corrected chi connectivity index (χ2v) is 10.7. The van der Waals surface area contributed by atoms with Crippen molar-refractivity contribution < 1.29 is 44.3 Å². The molecule has 1 nitrogen and oxygen atoms in total. The fraction of sp³-hybridized carbons (Fsp3) is 0.167. The maximum Gasteiger partial charge on any atom is 0.432 e. The van der Waals surface area contributed by atoms with Crippen LogP contribution in [0.5, 0.6) is 5.75 Å². The molecule has 0 bridgehead atoms. The predicted molar refractivity (Wildman–Crippen MR) is 157 cm³/mol. The Hall–Kier alpha value is -4.73. The monoisotopic (exact) mass is 644 g/mol. The van der Waals surface area contributed by atoms with Gasteiger partial charge in [0.05, 0.1) is 5.56 Å². The van der Waals surface area contributed by atoms with Crippen molar-refractivity contribution in [1.82, 2.24) is 0 Å². The van der Waals surface area contributed by atoms with E-state index in [2.05, 4.69) is 11.7 Å². The number of rotatable bonds is 10. The molecule has 0 aliphatic rings. The topological polar surface area (TPSA) is 9.23 Å². The van der Waals surface area contributed by atoms with Gasteiger partial charge < -0.3 is 4.74 Å². The van der Waals surface area contributed by atoms with Crippen LogP contribution in [0.25, 0.3) is 33.4 Å². The lowest BCUT2D eigenvalue weighted by Gasteiger charge is -2.20. The summed E-state index contributed by atoms with van der Waals surface area (Å²) >= 11 is 0. The van der Waals surface area contributed by atoms with Crippen molar-refractivity contribution >= 4 is 0 Å². The molecule has 46 heavy (non-hydrogen) atoms. The molecule has 0 spiro atoms. The van der Waals surface area contributed by atoms with Gasteiger partial charge in [-0.1, -0.05) is 68.3 Å². The first-order valence-electron chi connectivity index (χ1n) is 14.3. The van der Waals surface area contributed by atoms with E-state index < -0.39 is 69.3 Å². The van der Waals surface area contributed by atoms with Crippen LogP contribution in [0.3, 0.4) is 0 Å².